The number of aryl methyl sites for hydroxylation is 1. The predicted molar refractivity (Wildman–Crippen MR) is 113 cm³/mol. The highest BCUT2D eigenvalue weighted by molar-refractivity contribution is 8.00. The van der Waals surface area contributed by atoms with Crippen molar-refractivity contribution < 1.29 is 14.1 Å². The lowest BCUT2D eigenvalue weighted by molar-refractivity contribution is -0.113. The van der Waals surface area contributed by atoms with Crippen LogP contribution in [-0.4, -0.2) is 64.1 Å². The maximum Gasteiger partial charge on any atom is 0.348 e. The first-order valence-corrected chi connectivity index (χ1v) is 11.4. The van der Waals surface area contributed by atoms with Gasteiger partial charge in [-0.15, -0.1) is 0 Å². The van der Waals surface area contributed by atoms with Crippen LogP contribution in [0.3, 0.4) is 0 Å². The Morgan fingerprint density at radius 2 is 2.10 bits per heavy atom. The Morgan fingerprint density at radius 3 is 2.87 bits per heavy atom. The number of anilines is 1. The molecule has 30 heavy (non-hydrogen) atoms. The van der Waals surface area contributed by atoms with E-state index in [1.54, 1.807) is 13.0 Å². The second-order valence-electron chi connectivity index (χ2n) is 7.60. The number of nitrogens with one attached hydrogen (secondary N) is 1. The summed E-state index contributed by atoms with van der Waals surface area (Å²) in [5, 5.41) is 7.14. The number of hydrogen-bond donors (Lipinski definition) is 1. The summed E-state index contributed by atoms with van der Waals surface area (Å²) in [6.45, 7) is 6.89. The van der Waals surface area contributed by atoms with Crippen molar-refractivity contribution in [3.8, 4) is 0 Å². The second-order valence-corrected chi connectivity index (χ2v) is 8.56. The van der Waals surface area contributed by atoms with Gasteiger partial charge in [0.05, 0.1) is 19.0 Å². The largest absolute Gasteiger partial charge is 0.379 e. The lowest BCUT2D eigenvalue weighted by Gasteiger charge is -2.26. The molecule has 0 saturated carbocycles. The van der Waals surface area contributed by atoms with Crippen molar-refractivity contribution in [1.82, 2.24) is 19.6 Å². The van der Waals surface area contributed by atoms with Crippen molar-refractivity contribution in [3.05, 3.63) is 33.6 Å². The molecule has 9 nitrogen and oxygen atoms in total. The number of thioether (sulfide) groups is 1. The number of morpholine rings is 1. The summed E-state index contributed by atoms with van der Waals surface area (Å²) in [5.74, 6) is 1.00. The van der Waals surface area contributed by atoms with Gasteiger partial charge in [-0.05, 0) is 32.6 Å². The molecule has 2 aromatic heterocycles. The molecule has 1 aliphatic heterocycles. The van der Waals surface area contributed by atoms with E-state index in [4.69, 9.17) is 9.26 Å². The van der Waals surface area contributed by atoms with Crippen LogP contribution in [0.5, 0.6) is 0 Å². The van der Waals surface area contributed by atoms with Crippen LogP contribution in [-0.2, 0) is 28.9 Å². The summed E-state index contributed by atoms with van der Waals surface area (Å²) in [4.78, 5) is 31.6. The standard InChI is InChI=1S/C20H27N5O4S/c1-14-12-17(23-29-14)21-18(26)13-30-19-15-4-2-5-16(15)25(20(27)22-19)7-3-6-24-8-10-28-11-9-24/h12H,2-11,13H2,1H3,(H,21,23,26). The first-order chi connectivity index (χ1) is 14.6. The quantitative estimate of drug-likeness (QED) is 0.493. The zero-order valence-electron chi connectivity index (χ0n) is 17.2. The van der Waals surface area contributed by atoms with E-state index in [9.17, 15) is 9.59 Å². The minimum Gasteiger partial charge on any atom is -0.379 e. The summed E-state index contributed by atoms with van der Waals surface area (Å²) in [6.07, 6.45) is 3.73. The molecule has 3 heterocycles. The molecule has 0 spiro atoms. The number of carbonyl (C=O) groups is 1. The Bertz CT molecular complexity index is 951. The van der Waals surface area contributed by atoms with Gasteiger partial charge in [-0.2, -0.15) is 4.98 Å². The Hall–Kier alpha value is -2.17. The van der Waals surface area contributed by atoms with E-state index < -0.39 is 0 Å². The fourth-order valence-electron chi connectivity index (χ4n) is 3.95. The molecular formula is C20H27N5O4S. The van der Waals surface area contributed by atoms with E-state index >= 15 is 0 Å². The lowest BCUT2D eigenvalue weighted by Crippen LogP contribution is -2.37. The van der Waals surface area contributed by atoms with Gasteiger partial charge >= 0.3 is 5.69 Å². The highest BCUT2D eigenvalue weighted by atomic mass is 32.2. The summed E-state index contributed by atoms with van der Waals surface area (Å²) in [5.41, 5.74) is 2.00. The van der Waals surface area contributed by atoms with Crippen LogP contribution in [0.25, 0.3) is 0 Å². The maximum absolute atomic E-state index is 12.7. The normalized spacial score (nSPS) is 16.6. The molecule has 2 aromatic rings. The van der Waals surface area contributed by atoms with Crippen molar-refractivity contribution >= 4 is 23.5 Å². The van der Waals surface area contributed by atoms with Gasteiger partial charge in [0.1, 0.15) is 10.8 Å². The van der Waals surface area contributed by atoms with Gasteiger partial charge in [-0.25, -0.2) is 4.79 Å². The molecule has 10 heteroatoms. The third-order valence-electron chi connectivity index (χ3n) is 5.40. The van der Waals surface area contributed by atoms with Crippen molar-refractivity contribution in [2.45, 2.75) is 44.2 Å². The van der Waals surface area contributed by atoms with Gasteiger partial charge in [-0.1, -0.05) is 16.9 Å². The molecule has 1 aliphatic carbocycles. The average molecular weight is 434 g/mol. The third kappa shape index (κ3) is 5.11. The Morgan fingerprint density at radius 1 is 1.27 bits per heavy atom. The summed E-state index contributed by atoms with van der Waals surface area (Å²) < 4.78 is 12.2. The number of ether oxygens (including phenoxy) is 1. The van der Waals surface area contributed by atoms with Crippen molar-refractivity contribution in [3.63, 3.8) is 0 Å². The minimum absolute atomic E-state index is 0.172. The van der Waals surface area contributed by atoms with Gasteiger partial charge in [-0.3, -0.25) is 14.3 Å². The molecule has 0 aromatic carbocycles. The van der Waals surface area contributed by atoms with Crippen LogP contribution in [0.15, 0.2) is 20.4 Å². The molecule has 0 bridgehead atoms. The molecular weight excluding hydrogens is 406 g/mol. The molecule has 1 amide bonds. The van der Waals surface area contributed by atoms with E-state index in [1.165, 1.54) is 11.8 Å². The fraction of sp³-hybridized carbons (Fsp3) is 0.600. The van der Waals surface area contributed by atoms with Crippen LogP contribution < -0.4 is 11.0 Å². The van der Waals surface area contributed by atoms with Gasteiger partial charge in [0.25, 0.3) is 0 Å². The lowest BCUT2D eigenvalue weighted by atomic mass is 10.2. The van der Waals surface area contributed by atoms with Crippen molar-refractivity contribution in [2.75, 3.05) is 43.9 Å². The molecule has 0 unspecified atom stereocenters. The maximum atomic E-state index is 12.7. The summed E-state index contributed by atoms with van der Waals surface area (Å²) in [6, 6.07) is 1.66. The molecule has 1 N–H and O–H groups in total. The van der Waals surface area contributed by atoms with E-state index in [-0.39, 0.29) is 17.3 Å². The second kappa shape index (κ2) is 9.76. The molecule has 162 valence electrons. The molecule has 0 radical (unpaired) electrons. The molecule has 4 rings (SSSR count). The first-order valence-electron chi connectivity index (χ1n) is 10.4. The summed E-state index contributed by atoms with van der Waals surface area (Å²) in [7, 11) is 0. The van der Waals surface area contributed by atoms with E-state index in [0.717, 1.165) is 69.8 Å². The Balaban J connectivity index is 1.37. The highest BCUT2D eigenvalue weighted by Crippen LogP contribution is 2.29. The third-order valence-corrected chi connectivity index (χ3v) is 6.41. The average Bonchev–Trinajstić information content (AvgIpc) is 3.38. The number of nitrogens with zero attached hydrogens (tertiary/aromatic N) is 4. The monoisotopic (exact) mass is 433 g/mol. The topological polar surface area (TPSA) is 102 Å². The zero-order valence-corrected chi connectivity index (χ0v) is 18.0. The van der Waals surface area contributed by atoms with Gasteiger partial charge in [0, 0.05) is 43.5 Å². The van der Waals surface area contributed by atoms with E-state index in [0.29, 0.717) is 23.1 Å². The predicted octanol–water partition coefficient (Wildman–Crippen LogP) is 1.48. The van der Waals surface area contributed by atoms with E-state index in [1.807, 2.05) is 4.57 Å². The first kappa shape index (κ1) is 21.1. The highest BCUT2D eigenvalue weighted by Gasteiger charge is 2.22. The number of aromatic nitrogens is 3. The van der Waals surface area contributed by atoms with Gasteiger partial charge < -0.3 is 14.6 Å². The van der Waals surface area contributed by atoms with Crippen molar-refractivity contribution in [1.29, 1.82) is 0 Å². The van der Waals surface area contributed by atoms with E-state index in [2.05, 4.69) is 20.4 Å². The van der Waals surface area contributed by atoms with Crippen molar-refractivity contribution in [2.24, 2.45) is 0 Å². The van der Waals surface area contributed by atoms with Crippen LogP contribution in [0, 0.1) is 6.92 Å². The number of amides is 1. The molecule has 1 fully saturated rings. The fourth-order valence-corrected chi connectivity index (χ4v) is 4.83. The molecule has 1 saturated heterocycles. The smallest absolute Gasteiger partial charge is 0.348 e. The zero-order chi connectivity index (χ0) is 20.9. The minimum atomic E-state index is -0.215. The SMILES string of the molecule is Cc1cc(NC(=O)CSc2nc(=O)n(CCCN3CCOCC3)c3c2CCC3)no1. The molecule has 0 atom stereocenters. The van der Waals surface area contributed by atoms with Gasteiger partial charge in [0.2, 0.25) is 5.91 Å². The van der Waals surface area contributed by atoms with Crippen LogP contribution in [0.4, 0.5) is 5.82 Å². The number of hydrogen-bond acceptors (Lipinski definition) is 8. The van der Waals surface area contributed by atoms with Crippen LogP contribution in [0.1, 0.15) is 29.9 Å². The van der Waals surface area contributed by atoms with Crippen LogP contribution >= 0.6 is 11.8 Å². The van der Waals surface area contributed by atoms with Crippen LogP contribution in [0.2, 0.25) is 0 Å². The number of carbonyl (C=O) groups excluding carboxylic acids is 1. The number of rotatable bonds is 8. The Labute approximate surface area is 179 Å². The molecule has 2 aliphatic rings. The van der Waals surface area contributed by atoms with Gasteiger partial charge in [0.15, 0.2) is 5.82 Å². The summed E-state index contributed by atoms with van der Waals surface area (Å²) >= 11 is 1.31. The number of fused-ring (bicyclic) bond motifs is 1. The Kier molecular flexibility index (Phi) is 6.86.